The zero-order valence-electron chi connectivity index (χ0n) is 16.2. The third kappa shape index (κ3) is 5.08. The average molecular weight is 471 g/mol. The number of hydroxylamine groups is 2. The van der Waals surface area contributed by atoms with Crippen molar-refractivity contribution in [1.82, 2.24) is 14.6 Å². The predicted molar refractivity (Wildman–Crippen MR) is 111 cm³/mol. The molecule has 3 aromatic rings. The van der Waals surface area contributed by atoms with Crippen molar-refractivity contribution in [3.8, 4) is 10.6 Å². The van der Waals surface area contributed by atoms with Crippen molar-refractivity contribution < 1.29 is 27.7 Å². The number of ether oxygens (including phenoxy) is 1. The normalized spacial score (nSPS) is 17.5. The molecule has 0 radical (unpaired) electrons. The Morgan fingerprint density at radius 2 is 1.84 bits per heavy atom. The summed E-state index contributed by atoms with van der Waals surface area (Å²) in [5.41, 5.74) is 0.285. The summed E-state index contributed by atoms with van der Waals surface area (Å²) in [4.78, 5) is 8.19. The third-order valence-electron chi connectivity index (χ3n) is 4.90. The van der Waals surface area contributed by atoms with Gasteiger partial charge in [-0.05, 0) is 29.6 Å². The molecular weight excluding hydrogens is 451 g/mol. The van der Waals surface area contributed by atoms with E-state index in [1.165, 1.54) is 11.3 Å². The van der Waals surface area contributed by atoms with Crippen LogP contribution in [0, 0.1) is 0 Å². The van der Waals surface area contributed by atoms with E-state index >= 15 is 0 Å². The monoisotopic (exact) mass is 470 g/mol. The van der Waals surface area contributed by atoms with Gasteiger partial charge in [0.15, 0.2) is 11.4 Å². The van der Waals surface area contributed by atoms with Crippen LogP contribution < -0.4 is 4.65 Å². The van der Waals surface area contributed by atoms with E-state index in [1.54, 1.807) is 41.8 Å². The van der Waals surface area contributed by atoms with Crippen LogP contribution in [0.5, 0.6) is 0 Å². The van der Waals surface area contributed by atoms with Crippen LogP contribution in [0.15, 0.2) is 53.0 Å². The number of thiophene rings is 1. The average Bonchev–Trinajstić information content (AvgIpc) is 3.29. The predicted octanol–water partition coefficient (Wildman–Crippen LogP) is 4.26. The van der Waals surface area contributed by atoms with Crippen LogP contribution in [0.25, 0.3) is 10.6 Å². The summed E-state index contributed by atoms with van der Waals surface area (Å²) < 4.78 is 57.8. The van der Waals surface area contributed by atoms with Crippen molar-refractivity contribution in [3.05, 3.63) is 59.1 Å². The van der Waals surface area contributed by atoms with Crippen molar-refractivity contribution >= 4 is 28.2 Å². The summed E-state index contributed by atoms with van der Waals surface area (Å²) in [6, 6.07) is 11.1. The molecule has 1 saturated heterocycles. The first kappa shape index (κ1) is 22.2. The van der Waals surface area contributed by atoms with E-state index in [4.69, 9.17) is 4.74 Å². The van der Waals surface area contributed by atoms with Gasteiger partial charge >= 0.3 is 11.3 Å². The highest BCUT2D eigenvalue weighted by Crippen LogP contribution is 2.33. The maximum absolute atomic E-state index is 13.3. The van der Waals surface area contributed by atoms with Crippen molar-refractivity contribution in [2.45, 2.75) is 17.1 Å². The van der Waals surface area contributed by atoms with Crippen LogP contribution >= 0.6 is 11.3 Å². The van der Waals surface area contributed by atoms with Crippen LogP contribution in [0.4, 0.5) is 18.9 Å². The van der Waals surface area contributed by atoms with Gasteiger partial charge in [-0.2, -0.15) is 23.1 Å². The number of hydrogen-bond acceptors (Lipinski definition) is 6. The lowest BCUT2D eigenvalue weighted by molar-refractivity contribution is -0.141. The molecule has 11 heteroatoms. The number of benzene rings is 1. The largest absolute Gasteiger partial charge is 0.609 e. The number of morpholine rings is 1. The summed E-state index contributed by atoms with van der Waals surface area (Å²) in [6.07, 6.45) is -4.67. The number of nitrogens with zero attached hydrogens (tertiary/aromatic N) is 3. The lowest BCUT2D eigenvalue weighted by Crippen LogP contribution is -2.53. The molecule has 1 N–H and O–H groups in total. The second kappa shape index (κ2) is 8.85. The van der Waals surface area contributed by atoms with E-state index in [1.807, 2.05) is 0 Å². The van der Waals surface area contributed by atoms with Gasteiger partial charge in [-0.15, -0.1) is 16.0 Å². The molecular formula is C20H19F3N3O3S2+. The Balaban J connectivity index is 1.56. The number of hydrogen-bond donors (Lipinski definition) is 1. The van der Waals surface area contributed by atoms with Crippen LogP contribution in [0.3, 0.4) is 0 Å². The number of halogens is 3. The number of quaternary nitrogens is 1. The molecule has 0 spiro atoms. The van der Waals surface area contributed by atoms with Crippen molar-refractivity contribution in [2.75, 3.05) is 26.3 Å². The van der Waals surface area contributed by atoms with E-state index in [0.29, 0.717) is 42.4 Å². The Labute approximate surface area is 183 Å². The summed E-state index contributed by atoms with van der Waals surface area (Å²) >= 11 is -0.635. The molecule has 2 aromatic heterocycles. The maximum Gasteiger partial charge on any atom is 0.433 e. The molecule has 0 aliphatic carbocycles. The molecule has 1 fully saturated rings. The van der Waals surface area contributed by atoms with E-state index < -0.39 is 23.0 Å². The number of alkyl halides is 3. The molecule has 3 heterocycles. The second-order valence-corrected chi connectivity index (χ2v) is 9.33. The van der Waals surface area contributed by atoms with Crippen molar-refractivity contribution in [2.24, 2.45) is 0 Å². The first-order valence-electron chi connectivity index (χ1n) is 9.40. The van der Waals surface area contributed by atoms with Gasteiger partial charge < -0.3 is 9.29 Å². The van der Waals surface area contributed by atoms with Crippen LogP contribution in [0.1, 0.15) is 11.3 Å². The second-order valence-electron chi connectivity index (χ2n) is 7.03. The van der Waals surface area contributed by atoms with Crippen molar-refractivity contribution in [1.29, 1.82) is 0 Å². The van der Waals surface area contributed by atoms with Gasteiger partial charge in [0, 0.05) is 28.9 Å². The molecule has 1 aromatic carbocycles. The third-order valence-corrected chi connectivity index (χ3v) is 6.98. The van der Waals surface area contributed by atoms with E-state index in [9.17, 15) is 22.9 Å². The minimum absolute atomic E-state index is 0.0417. The first-order chi connectivity index (χ1) is 14.7. The van der Waals surface area contributed by atoms with Gasteiger partial charge in [0.25, 0.3) is 0 Å². The van der Waals surface area contributed by atoms with E-state index in [0.717, 1.165) is 6.07 Å². The van der Waals surface area contributed by atoms with E-state index in [-0.39, 0.29) is 21.2 Å². The molecule has 0 amide bonds. The molecule has 164 valence electrons. The Morgan fingerprint density at radius 1 is 1.13 bits per heavy atom. The standard InChI is InChI=1S/C20H19F3N3O3S2/c21-20(22,23)18-12-16(17-2-1-11-30-17)24-19(25-18)31(28)13-14-3-5-15(6-4-14)26(27)7-9-29-10-8-26/h1-6,11-12,27H,7-10,13H2/q+1. The Hall–Kier alpha value is -2.02. The van der Waals surface area contributed by atoms with Gasteiger partial charge in [0.05, 0.1) is 23.8 Å². The topological polar surface area (TPSA) is 78.3 Å². The first-order valence-corrected chi connectivity index (χ1v) is 11.6. The van der Waals surface area contributed by atoms with Crippen LogP contribution in [-0.2, 0) is 27.8 Å². The van der Waals surface area contributed by atoms with Crippen LogP contribution in [0.2, 0.25) is 0 Å². The zero-order valence-corrected chi connectivity index (χ0v) is 17.8. The highest BCUT2D eigenvalue weighted by atomic mass is 32.2. The zero-order chi connectivity index (χ0) is 22.1. The summed E-state index contributed by atoms with van der Waals surface area (Å²) in [5, 5.41) is 12.1. The molecule has 0 bridgehead atoms. The highest BCUT2D eigenvalue weighted by molar-refractivity contribution is 7.90. The molecule has 4 rings (SSSR count). The molecule has 1 aliphatic heterocycles. The Morgan fingerprint density at radius 3 is 2.45 bits per heavy atom. The van der Waals surface area contributed by atoms with Gasteiger partial charge in [0.1, 0.15) is 18.8 Å². The van der Waals surface area contributed by atoms with E-state index in [2.05, 4.69) is 9.97 Å². The highest BCUT2D eigenvalue weighted by Gasteiger charge is 2.36. The molecule has 1 unspecified atom stereocenters. The van der Waals surface area contributed by atoms with Crippen molar-refractivity contribution in [3.63, 3.8) is 0 Å². The lowest BCUT2D eigenvalue weighted by atomic mass is 10.2. The summed E-state index contributed by atoms with van der Waals surface area (Å²) in [5.74, 6) is -0.0417. The Bertz CT molecular complexity index is 1020. The van der Waals surface area contributed by atoms with Gasteiger partial charge in [-0.25, -0.2) is 5.21 Å². The molecule has 1 atom stereocenters. The summed E-state index contributed by atoms with van der Waals surface area (Å²) in [6.45, 7) is 1.74. The minimum atomic E-state index is -4.67. The number of aromatic nitrogens is 2. The lowest BCUT2D eigenvalue weighted by Gasteiger charge is -2.32. The fraction of sp³-hybridized carbons (Fsp3) is 0.300. The smallest absolute Gasteiger partial charge is 0.433 e. The maximum atomic E-state index is 13.3. The summed E-state index contributed by atoms with van der Waals surface area (Å²) in [7, 11) is 0. The number of rotatable bonds is 5. The fourth-order valence-corrected chi connectivity index (χ4v) is 4.92. The fourth-order valence-electron chi connectivity index (χ4n) is 3.21. The molecule has 6 nitrogen and oxygen atoms in total. The van der Waals surface area contributed by atoms with Gasteiger partial charge in [-0.3, -0.25) is 0 Å². The molecule has 1 aliphatic rings. The minimum Gasteiger partial charge on any atom is -0.609 e. The quantitative estimate of drug-likeness (QED) is 0.343. The van der Waals surface area contributed by atoms with Crippen LogP contribution in [-0.4, -0.2) is 46.0 Å². The molecule has 31 heavy (non-hydrogen) atoms. The van der Waals surface area contributed by atoms with Gasteiger partial charge in [-0.1, -0.05) is 6.07 Å². The SMILES string of the molecule is [O-][S+](Cc1ccc([N+]2(O)CCOCC2)cc1)c1nc(-c2cccs2)cc(C(F)(F)F)n1. The Kier molecular flexibility index (Phi) is 6.33. The van der Waals surface area contributed by atoms with Gasteiger partial charge in [0.2, 0.25) is 0 Å². The molecule has 0 saturated carbocycles.